The molecule has 2 aromatic carbocycles. The number of aromatic amines is 1. The summed E-state index contributed by atoms with van der Waals surface area (Å²) in [4.78, 5) is 14.0. The minimum atomic E-state index is -4.80. The van der Waals surface area contributed by atoms with Crippen molar-refractivity contribution in [3.05, 3.63) is 64.4 Å². The van der Waals surface area contributed by atoms with Gasteiger partial charge in [-0.3, -0.25) is 14.5 Å². The van der Waals surface area contributed by atoms with E-state index in [1.54, 1.807) is 10.6 Å². The van der Waals surface area contributed by atoms with E-state index in [9.17, 15) is 18.0 Å². The van der Waals surface area contributed by atoms with Crippen molar-refractivity contribution < 1.29 is 22.7 Å². The molecule has 1 amide bonds. The van der Waals surface area contributed by atoms with Gasteiger partial charge in [-0.1, -0.05) is 42.0 Å². The van der Waals surface area contributed by atoms with Crippen LogP contribution in [-0.4, -0.2) is 39.0 Å². The molecule has 6 nitrogen and oxygen atoms in total. The Morgan fingerprint density at radius 1 is 1.23 bits per heavy atom. The molecule has 10 heteroatoms. The number of para-hydroxylation sites is 1. The summed E-state index contributed by atoms with van der Waals surface area (Å²) < 4.78 is 44.0. The van der Waals surface area contributed by atoms with E-state index in [-0.39, 0.29) is 36.7 Å². The molecular weight excluding hydrogens is 429 g/mol. The van der Waals surface area contributed by atoms with Crippen LogP contribution in [0.4, 0.5) is 13.2 Å². The number of aryl methyl sites for hydroxylation is 1. The highest BCUT2D eigenvalue weighted by Gasteiger charge is 2.32. The van der Waals surface area contributed by atoms with E-state index >= 15 is 0 Å². The summed E-state index contributed by atoms with van der Waals surface area (Å²) in [6.45, 7) is 2.23. The third kappa shape index (κ3) is 5.94. The number of benzene rings is 2. The zero-order chi connectivity index (χ0) is 22.6. The first-order valence-corrected chi connectivity index (χ1v) is 9.85. The monoisotopic (exact) mass is 450 g/mol. The molecule has 0 bridgehead atoms. The number of alkyl halides is 3. The molecule has 0 aliphatic heterocycles. The Hall–Kier alpha value is -3.14. The molecule has 31 heavy (non-hydrogen) atoms. The normalized spacial score (nSPS) is 11.4. The Balaban J connectivity index is 1.69. The van der Waals surface area contributed by atoms with Crippen LogP contribution in [0.1, 0.15) is 17.5 Å². The lowest BCUT2D eigenvalue weighted by Crippen LogP contribution is -2.28. The fraction of sp³-hybridized carbons (Fsp3) is 0.286. The molecule has 3 aromatic rings. The van der Waals surface area contributed by atoms with E-state index in [1.807, 2.05) is 31.2 Å². The number of hydrogen-bond acceptors (Lipinski definition) is 4. The molecule has 0 aliphatic carbocycles. The molecule has 1 heterocycles. The number of rotatable bonds is 7. The highest BCUT2D eigenvalue weighted by Crippen LogP contribution is 2.27. The van der Waals surface area contributed by atoms with Gasteiger partial charge in [-0.2, -0.15) is 5.10 Å². The van der Waals surface area contributed by atoms with Crippen molar-refractivity contribution in [3.8, 4) is 17.1 Å². The number of amides is 1. The predicted molar refractivity (Wildman–Crippen MR) is 112 cm³/mol. The first-order chi connectivity index (χ1) is 14.6. The lowest BCUT2D eigenvalue weighted by atomic mass is 10.1. The van der Waals surface area contributed by atoms with E-state index in [2.05, 4.69) is 14.9 Å². The summed E-state index contributed by atoms with van der Waals surface area (Å²) >= 11 is 5.29. The molecular formula is C21H21F3N4O2S. The maximum Gasteiger partial charge on any atom is 0.573 e. The first-order valence-electron chi connectivity index (χ1n) is 9.44. The van der Waals surface area contributed by atoms with Crippen molar-refractivity contribution in [1.82, 2.24) is 19.7 Å². The van der Waals surface area contributed by atoms with Crippen molar-refractivity contribution >= 4 is 18.1 Å². The van der Waals surface area contributed by atoms with Crippen LogP contribution in [0.3, 0.4) is 0 Å². The smallest absolute Gasteiger partial charge is 0.405 e. The van der Waals surface area contributed by atoms with Gasteiger partial charge in [0.25, 0.3) is 0 Å². The van der Waals surface area contributed by atoms with Crippen LogP contribution in [0.25, 0.3) is 11.4 Å². The Morgan fingerprint density at radius 2 is 1.97 bits per heavy atom. The number of carbonyl (C=O) groups is 1. The average molecular weight is 450 g/mol. The molecule has 0 atom stereocenters. The Morgan fingerprint density at radius 3 is 2.68 bits per heavy atom. The minimum absolute atomic E-state index is 0.0212. The summed E-state index contributed by atoms with van der Waals surface area (Å²) in [7, 11) is 1.53. The number of carbonyl (C=O) groups excluding carboxylic acids is 1. The van der Waals surface area contributed by atoms with Crippen molar-refractivity contribution in [1.29, 1.82) is 0 Å². The van der Waals surface area contributed by atoms with Crippen LogP contribution < -0.4 is 4.74 Å². The Bertz CT molecular complexity index is 1120. The summed E-state index contributed by atoms with van der Waals surface area (Å²) in [6, 6.07) is 13.5. The van der Waals surface area contributed by atoms with Crippen molar-refractivity contribution in [3.63, 3.8) is 0 Å². The number of nitrogens with one attached hydrogen (secondary N) is 1. The third-order valence-corrected chi connectivity index (χ3v) is 4.93. The molecule has 0 radical (unpaired) electrons. The number of H-pyrrole nitrogens is 1. The highest BCUT2D eigenvalue weighted by molar-refractivity contribution is 7.71. The molecule has 0 aliphatic rings. The zero-order valence-electron chi connectivity index (χ0n) is 16.9. The van der Waals surface area contributed by atoms with Crippen LogP contribution in [0.15, 0.2) is 48.5 Å². The molecule has 1 aromatic heterocycles. The topological polar surface area (TPSA) is 63.2 Å². The van der Waals surface area contributed by atoms with Gasteiger partial charge in [-0.15, -0.1) is 13.2 Å². The minimum Gasteiger partial charge on any atom is -0.405 e. The molecule has 3 rings (SSSR count). The quantitative estimate of drug-likeness (QED) is 0.522. The van der Waals surface area contributed by atoms with Crippen LogP contribution in [-0.2, 0) is 17.9 Å². The van der Waals surface area contributed by atoms with Gasteiger partial charge in [-0.25, -0.2) is 0 Å². The molecule has 0 saturated heterocycles. The van der Waals surface area contributed by atoms with Gasteiger partial charge >= 0.3 is 6.36 Å². The summed E-state index contributed by atoms with van der Waals surface area (Å²) in [5.41, 5.74) is 2.19. The molecule has 0 saturated carbocycles. The van der Waals surface area contributed by atoms with Gasteiger partial charge in [0.15, 0.2) is 10.6 Å². The Labute approximate surface area is 182 Å². The predicted octanol–water partition coefficient (Wildman–Crippen LogP) is 4.86. The summed E-state index contributed by atoms with van der Waals surface area (Å²) in [6.07, 6.45) is -4.70. The number of aromatic nitrogens is 3. The molecule has 0 spiro atoms. The average Bonchev–Trinajstić information content (AvgIpc) is 3.07. The maximum absolute atomic E-state index is 12.6. The van der Waals surface area contributed by atoms with E-state index in [4.69, 9.17) is 12.2 Å². The van der Waals surface area contributed by atoms with Crippen LogP contribution >= 0.6 is 12.2 Å². The lowest BCUT2D eigenvalue weighted by Gasteiger charge is -2.20. The fourth-order valence-corrected chi connectivity index (χ4v) is 3.35. The van der Waals surface area contributed by atoms with Gasteiger partial charge in [0.1, 0.15) is 5.75 Å². The summed E-state index contributed by atoms with van der Waals surface area (Å²) in [5.74, 6) is 0.0432. The van der Waals surface area contributed by atoms with Gasteiger partial charge in [0.05, 0.1) is 0 Å². The van der Waals surface area contributed by atoms with Gasteiger partial charge < -0.3 is 9.64 Å². The molecule has 0 fully saturated rings. The van der Waals surface area contributed by atoms with Crippen molar-refractivity contribution in [2.24, 2.45) is 0 Å². The maximum atomic E-state index is 12.6. The molecule has 164 valence electrons. The first kappa shape index (κ1) is 22.5. The van der Waals surface area contributed by atoms with Gasteiger partial charge in [0.2, 0.25) is 5.91 Å². The zero-order valence-corrected chi connectivity index (χ0v) is 17.8. The van der Waals surface area contributed by atoms with E-state index in [0.717, 1.165) is 11.1 Å². The standard InChI is InChI=1S/C21H21F3N4O2S/c1-14-6-5-8-15(12-14)19-25-26-20(31)28(19)11-10-18(29)27(2)13-16-7-3-4-9-17(16)30-21(22,23)24/h3-9,12H,10-11,13H2,1-2H3,(H,26,31). The van der Waals surface area contributed by atoms with Crippen molar-refractivity contribution in [2.45, 2.75) is 32.8 Å². The van der Waals surface area contributed by atoms with Crippen LogP contribution in [0.5, 0.6) is 5.75 Å². The number of hydrogen-bond donors (Lipinski definition) is 1. The summed E-state index contributed by atoms with van der Waals surface area (Å²) in [5, 5.41) is 7.01. The van der Waals surface area contributed by atoms with E-state index in [0.29, 0.717) is 10.6 Å². The van der Waals surface area contributed by atoms with Crippen LogP contribution in [0, 0.1) is 11.7 Å². The fourth-order valence-electron chi connectivity index (χ4n) is 3.13. The largest absolute Gasteiger partial charge is 0.573 e. The third-order valence-electron chi connectivity index (χ3n) is 4.62. The molecule has 1 N–H and O–H groups in total. The number of nitrogens with zero attached hydrogens (tertiary/aromatic N) is 3. The van der Waals surface area contributed by atoms with E-state index in [1.165, 1.54) is 30.1 Å². The molecule has 0 unspecified atom stereocenters. The second-order valence-corrected chi connectivity index (χ2v) is 7.42. The second kappa shape index (κ2) is 9.34. The highest BCUT2D eigenvalue weighted by atomic mass is 32.1. The number of halogens is 3. The van der Waals surface area contributed by atoms with E-state index < -0.39 is 6.36 Å². The van der Waals surface area contributed by atoms with Crippen molar-refractivity contribution in [2.75, 3.05) is 7.05 Å². The van der Waals surface area contributed by atoms with Crippen LogP contribution in [0.2, 0.25) is 0 Å². The lowest BCUT2D eigenvalue weighted by molar-refractivity contribution is -0.275. The SMILES string of the molecule is Cc1cccc(-c2n[nH]c(=S)n2CCC(=O)N(C)Cc2ccccc2OC(F)(F)F)c1. The number of ether oxygens (including phenoxy) is 1. The van der Waals surface area contributed by atoms with Gasteiger partial charge in [-0.05, 0) is 31.3 Å². The van der Waals surface area contributed by atoms with Gasteiger partial charge in [0, 0.05) is 37.7 Å². The Kier molecular flexibility index (Phi) is 6.79. The second-order valence-electron chi connectivity index (χ2n) is 7.03.